The summed E-state index contributed by atoms with van der Waals surface area (Å²) in [6, 6.07) is 5.09. The number of aliphatic hydroxyl groups is 1. The standard InChI is InChI=1S/C19H23Cl2N3O4/c1-5-28-18(26)19(4,27)10-22-17(25)9-14-11(2)23-24(12(14)3)16-7-6-13(20)8-15(16)21/h6-8,27H,5,9-10H2,1-4H3,(H,22,25). The maximum atomic E-state index is 12.3. The summed E-state index contributed by atoms with van der Waals surface area (Å²) in [7, 11) is 0. The molecule has 0 saturated carbocycles. The molecule has 9 heteroatoms. The van der Waals surface area contributed by atoms with Gasteiger partial charge in [-0.2, -0.15) is 5.10 Å². The first kappa shape index (κ1) is 22.2. The Balaban J connectivity index is 2.13. The molecule has 0 aliphatic rings. The Bertz CT molecular complexity index is 894. The van der Waals surface area contributed by atoms with E-state index in [1.165, 1.54) is 6.92 Å². The predicted molar refractivity (Wildman–Crippen MR) is 107 cm³/mol. The molecule has 0 spiro atoms. The van der Waals surface area contributed by atoms with Crippen molar-refractivity contribution in [2.24, 2.45) is 0 Å². The lowest BCUT2D eigenvalue weighted by Gasteiger charge is -2.21. The molecule has 0 fully saturated rings. The topological polar surface area (TPSA) is 93.4 Å². The number of nitrogens with zero attached hydrogens (tertiary/aromatic N) is 2. The van der Waals surface area contributed by atoms with Gasteiger partial charge in [0.15, 0.2) is 5.60 Å². The van der Waals surface area contributed by atoms with E-state index >= 15 is 0 Å². The molecule has 0 aliphatic heterocycles. The number of nitrogens with one attached hydrogen (secondary N) is 1. The van der Waals surface area contributed by atoms with Crippen LogP contribution in [-0.4, -0.2) is 45.5 Å². The summed E-state index contributed by atoms with van der Waals surface area (Å²) >= 11 is 12.2. The van der Waals surface area contributed by atoms with Crippen LogP contribution in [0.1, 0.15) is 30.8 Å². The number of hydrogen-bond donors (Lipinski definition) is 2. The van der Waals surface area contributed by atoms with E-state index in [-0.39, 0.29) is 25.5 Å². The highest BCUT2D eigenvalue weighted by Crippen LogP contribution is 2.27. The van der Waals surface area contributed by atoms with Gasteiger partial charge in [-0.1, -0.05) is 23.2 Å². The number of aromatic nitrogens is 2. The molecule has 1 heterocycles. The van der Waals surface area contributed by atoms with Gasteiger partial charge in [0, 0.05) is 16.3 Å². The summed E-state index contributed by atoms with van der Waals surface area (Å²) in [6.07, 6.45) is 0.0434. The summed E-state index contributed by atoms with van der Waals surface area (Å²) in [4.78, 5) is 24.0. The van der Waals surface area contributed by atoms with Gasteiger partial charge in [0.05, 0.1) is 36.0 Å². The van der Waals surface area contributed by atoms with Crippen LogP contribution in [0.15, 0.2) is 18.2 Å². The van der Waals surface area contributed by atoms with Crippen LogP contribution < -0.4 is 5.32 Å². The van der Waals surface area contributed by atoms with E-state index in [4.69, 9.17) is 27.9 Å². The van der Waals surface area contributed by atoms with Crippen LogP contribution >= 0.6 is 23.2 Å². The normalized spacial score (nSPS) is 13.1. The van der Waals surface area contributed by atoms with Gasteiger partial charge in [0.25, 0.3) is 0 Å². The van der Waals surface area contributed by atoms with Gasteiger partial charge in [-0.15, -0.1) is 0 Å². The maximum Gasteiger partial charge on any atom is 0.339 e. The summed E-state index contributed by atoms with van der Waals surface area (Å²) in [5.41, 5.74) is 1.03. The number of esters is 1. The van der Waals surface area contributed by atoms with Crippen molar-refractivity contribution in [2.75, 3.05) is 13.2 Å². The first-order valence-electron chi connectivity index (χ1n) is 8.73. The zero-order chi connectivity index (χ0) is 21.1. The van der Waals surface area contributed by atoms with Crippen molar-refractivity contribution >= 4 is 35.1 Å². The van der Waals surface area contributed by atoms with Crippen LogP contribution in [0, 0.1) is 13.8 Å². The fraction of sp³-hybridized carbons (Fsp3) is 0.421. The predicted octanol–water partition coefficient (Wildman–Crippen LogP) is 2.77. The number of hydrogen-bond acceptors (Lipinski definition) is 5. The minimum absolute atomic E-state index is 0.0434. The molecule has 1 unspecified atom stereocenters. The second kappa shape index (κ2) is 8.94. The molecule has 0 saturated heterocycles. The highest BCUT2D eigenvalue weighted by atomic mass is 35.5. The van der Waals surface area contributed by atoms with Crippen LogP contribution in [0.25, 0.3) is 5.69 Å². The summed E-state index contributed by atoms with van der Waals surface area (Å²) < 4.78 is 6.45. The highest BCUT2D eigenvalue weighted by Gasteiger charge is 2.32. The Kier molecular flexibility index (Phi) is 7.09. The average molecular weight is 428 g/mol. The molecular weight excluding hydrogens is 405 g/mol. The first-order valence-corrected chi connectivity index (χ1v) is 9.49. The number of aryl methyl sites for hydroxylation is 1. The molecule has 2 rings (SSSR count). The van der Waals surface area contributed by atoms with Gasteiger partial charge in [-0.05, 0) is 45.9 Å². The van der Waals surface area contributed by atoms with E-state index in [0.717, 1.165) is 11.3 Å². The molecule has 152 valence electrons. The third kappa shape index (κ3) is 5.04. The minimum Gasteiger partial charge on any atom is -0.464 e. The molecule has 0 radical (unpaired) electrons. The third-order valence-electron chi connectivity index (χ3n) is 4.26. The Morgan fingerprint density at radius 3 is 2.61 bits per heavy atom. The van der Waals surface area contributed by atoms with Gasteiger partial charge < -0.3 is 15.2 Å². The number of carbonyl (C=O) groups excluding carboxylic acids is 2. The Hall–Kier alpha value is -2.09. The quantitative estimate of drug-likeness (QED) is 0.662. The molecule has 1 atom stereocenters. The minimum atomic E-state index is -1.79. The van der Waals surface area contributed by atoms with Crippen molar-refractivity contribution < 1.29 is 19.4 Å². The number of rotatable bonds is 7. The monoisotopic (exact) mass is 427 g/mol. The lowest BCUT2D eigenvalue weighted by molar-refractivity contribution is -0.162. The van der Waals surface area contributed by atoms with Gasteiger partial charge in [0.2, 0.25) is 5.91 Å². The van der Waals surface area contributed by atoms with Crippen LogP contribution in [0.5, 0.6) is 0 Å². The van der Waals surface area contributed by atoms with Gasteiger partial charge in [-0.3, -0.25) is 4.79 Å². The smallest absolute Gasteiger partial charge is 0.339 e. The third-order valence-corrected chi connectivity index (χ3v) is 4.80. The molecule has 1 aromatic carbocycles. The van der Waals surface area contributed by atoms with Crippen LogP contribution in [0.4, 0.5) is 0 Å². The zero-order valence-corrected chi connectivity index (χ0v) is 17.7. The Labute approximate surface area is 173 Å². The Morgan fingerprint density at radius 1 is 1.32 bits per heavy atom. The van der Waals surface area contributed by atoms with Crippen molar-refractivity contribution in [3.8, 4) is 5.69 Å². The lowest BCUT2D eigenvalue weighted by Crippen LogP contribution is -2.47. The van der Waals surface area contributed by atoms with Crippen molar-refractivity contribution in [3.05, 3.63) is 45.2 Å². The molecule has 0 bridgehead atoms. The van der Waals surface area contributed by atoms with Crippen molar-refractivity contribution in [1.82, 2.24) is 15.1 Å². The molecular formula is C19H23Cl2N3O4. The number of amides is 1. The molecule has 7 nitrogen and oxygen atoms in total. The number of benzene rings is 1. The van der Waals surface area contributed by atoms with E-state index in [2.05, 4.69) is 10.4 Å². The molecule has 1 aromatic heterocycles. The van der Waals surface area contributed by atoms with Crippen molar-refractivity contribution in [1.29, 1.82) is 0 Å². The van der Waals surface area contributed by atoms with Gasteiger partial charge in [0.1, 0.15) is 0 Å². The second-order valence-electron chi connectivity index (χ2n) is 6.60. The lowest BCUT2D eigenvalue weighted by atomic mass is 10.1. The van der Waals surface area contributed by atoms with Gasteiger partial charge in [-0.25, -0.2) is 9.48 Å². The summed E-state index contributed by atoms with van der Waals surface area (Å²) in [6.45, 7) is 6.46. The second-order valence-corrected chi connectivity index (χ2v) is 7.45. The van der Waals surface area contributed by atoms with Crippen molar-refractivity contribution in [3.63, 3.8) is 0 Å². The average Bonchev–Trinajstić information content (AvgIpc) is 2.88. The molecule has 2 aromatic rings. The summed E-state index contributed by atoms with van der Waals surface area (Å²) in [5, 5.41) is 18.1. The van der Waals surface area contributed by atoms with E-state index in [1.807, 2.05) is 6.92 Å². The molecule has 2 N–H and O–H groups in total. The Morgan fingerprint density at radius 2 is 2.00 bits per heavy atom. The molecule has 0 aliphatic carbocycles. The molecule has 1 amide bonds. The molecule has 28 heavy (non-hydrogen) atoms. The van der Waals surface area contributed by atoms with Crippen molar-refractivity contribution in [2.45, 2.75) is 39.7 Å². The van der Waals surface area contributed by atoms with E-state index in [0.29, 0.717) is 21.4 Å². The first-order chi connectivity index (χ1) is 13.1. The van der Waals surface area contributed by atoms with Crippen LogP contribution in [-0.2, 0) is 20.7 Å². The zero-order valence-electron chi connectivity index (χ0n) is 16.2. The largest absolute Gasteiger partial charge is 0.464 e. The van der Waals surface area contributed by atoms with E-state index < -0.39 is 11.6 Å². The fourth-order valence-electron chi connectivity index (χ4n) is 2.67. The maximum absolute atomic E-state index is 12.3. The van der Waals surface area contributed by atoms with Crippen LogP contribution in [0.3, 0.4) is 0 Å². The fourth-order valence-corrected chi connectivity index (χ4v) is 3.16. The highest BCUT2D eigenvalue weighted by molar-refractivity contribution is 6.35. The number of ether oxygens (including phenoxy) is 1. The van der Waals surface area contributed by atoms with Gasteiger partial charge >= 0.3 is 5.97 Å². The summed E-state index contributed by atoms with van der Waals surface area (Å²) in [5.74, 6) is -1.13. The van der Waals surface area contributed by atoms with E-state index in [9.17, 15) is 14.7 Å². The SMILES string of the molecule is CCOC(=O)C(C)(O)CNC(=O)Cc1c(C)nn(-c2ccc(Cl)cc2Cl)c1C. The number of halogens is 2. The van der Waals surface area contributed by atoms with Crippen LogP contribution in [0.2, 0.25) is 10.0 Å². The number of carbonyl (C=O) groups is 2. The van der Waals surface area contributed by atoms with E-state index in [1.54, 1.807) is 36.7 Å².